The highest BCUT2D eigenvalue weighted by Crippen LogP contribution is 2.04. The third kappa shape index (κ3) is 3.66. The van der Waals surface area contributed by atoms with Crippen LogP contribution in [0.3, 0.4) is 0 Å². The molecule has 0 aromatic heterocycles. The van der Waals surface area contributed by atoms with Crippen LogP contribution >= 0.6 is 0 Å². The van der Waals surface area contributed by atoms with Crippen molar-refractivity contribution in [3.05, 3.63) is 29.3 Å². The number of ether oxygens (including phenoxy) is 2. The zero-order chi connectivity index (χ0) is 11.3. The molecule has 4 heteroatoms. The van der Waals surface area contributed by atoms with Gasteiger partial charge in [0, 0.05) is 7.11 Å². The van der Waals surface area contributed by atoms with E-state index < -0.39 is 6.92 Å². The van der Waals surface area contributed by atoms with E-state index in [9.17, 15) is 5.02 Å². The van der Waals surface area contributed by atoms with Crippen LogP contribution in [0.4, 0.5) is 0 Å². The fourth-order valence-corrected chi connectivity index (χ4v) is 1.50. The lowest BCUT2D eigenvalue weighted by Gasteiger charge is -2.11. The van der Waals surface area contributed by atoms with Crippen LogP contribution in [0.25, 0.3) is 0 Å². The average Bonchev–Trinajstić information content (AvgIpc) is 2.18. The van der Waals surface area contributed by atoms with Crippen molar-refractivity contribution >= 4 is 12.4 Å². The standard InChI is InChI=1S/C11H17BO3/c1-9-4-5-11(12(2)13)10(6-9)7-15-8-14-3/h4-6,13H,7-8H2,1-3H3. The molecule has 0 unspecified atom stereocenters. The summed E-state index contributed by atoms with van der Waals surface area (Å²) in [5.41, 5.74) is 3.09. The first kappa shape index (κ1) is 12.2. The first-order valence-electron chi connectivity index (χ1n) is 4.99. The summed E-state index contributed by atoms with van der Waals surface area (Å²) in [7, 11) is 1.59. The van der Waals surface area contributed by atoms with Gasteiger partial charge in [-0.15, -0.1) is 0 Å². The lowest BCUT2D eigenvalue weighted by Crippen LogP contribution is -2.30. The number of aryl methyl sites for hydroxylation is 1. The molecular weight excluding hydrogens is 191 g/mol. The van der Waals surface area contributed by atoms with Gasteiger partial charge in [-0.3, -0.25) is 0 Å². The van der Waals surface area contributed by atoms with Crippen LogP contribution in [0.15, 0.2) is 18.2 Å². The van der Waals surface area contributed by atoms with E-state index in [1.54, 1.807) is 13.9 Å². The Morgan fingerprint density at radius 2 is 2.13 bits per heavy atom. The van der Waals surface area contributed by atoms with E-state index in [1.807, 2.05) is 25.1 Å². The fourth-order valence-electron chi connectivity index (χ4n) is 1.50. The first-order chi connectivity index (χ1) is 7.15. The maximum Gasteiger partial charge on any atom is 0.320 e. The van der Waals surface area contributed by atoms with Gasteiger partial charge in [-0.2, -0.15) is 0 Å². The third-order valence-corrected chi connectivity index (χ3v) is 2.21. The molecule has 0 saturated carbocycles. The van der Waals surface area contributed by atoms with Gasteiger partial charge in [-0.25, -0.2) is 0 Å². The Kier molecular flexibility index (Phi) is 4.82. The van der Waals surface area contributed by atoms with Gasteiger partial charge in [0.1, 0.15) is 6.79 Å². The maximum atomic E-state index is 9.57. The van der Waals surface area contributed by atoms with Gasteiger partial charge < -0.3 is 14.5 Å². The topological polar surface area (TPSA) is 38.7 Å². The van der Waals surface area contributed by atoms with Gasteiger partial charge >= 0.3 is 6.92 Å². The van der Waals surface area contributed by atoms with E-state index in [4.69, 9.17) is 9.47 Å². The van der Waals surface area contributed by atoms with Crippen LogP contribution in [-0.2, 0) is 16.1 Å². The van der Waals surface area contributed by atoms with Gasteiger partial charge in [-0.1, -0.05) is 30.6 Å². The summed E-state index contributed by atoms with van der Waals surface area (Å²) in [6, 6.07) is 5.95. The molecule has 0 aliphatic heterocycles. The smallest absolute Gasteiger partial charge is 0.320 e. The largest absolute Gasteiger partial charge is 0.446 e. The molecule has 0 fully saturated rings. The highest BCUT2D eigenvalue weighted by molar-refractivity contribution is 6.65. The molecule has 0 radical (unpaired) electrons. The zero-order valence-corrected chi connectivity index (χ0v) is 9.49. The van der Waals surface area contributed by atoms with E-state index in [0.717, 1.165) is 16.6 Å². The van der Waals surface area contributed by atoms with Gasteiger partial charge in [0.25, 0.3) is 0 Å². The molecule has 0 heterocycles. The Hall–Kier alpha value is -0.835. The van der Waals surface area contributed by atoms with Crippen LogP contribution in [-0.4, -0.2) is 25.8 Å². The molecular formula is C11H17BO3. The van der Waals surface area contributed by atoms with Crippen molar-refractivity contribution < 1.29 is 14.5 Å². The van der Waals surface area contributed by atoms with Crippen LogP contribution in [0.2, 0.25) is 6.82 Å². The summed E-state index contributed by atoms with van der Waals surface area (Å²) < 4.78 is 10.1. The Balaban J connectivity index is 2.77. The molecule has 1 aromatic carbocycles. The quantitative estimate of drug-likeness (QED) is 0.444. The second-order valence-electron chi connectivity index (χ2n) is 3.63. The number of hydrogen-bond acceptors (Lipinski definition) is 3. The molecule has 0 aliphatic rings. The van der Waals surface area contributed by atoms with Crippen LogP contribution < -0.4 is 5.46 Å². The summed E-state index contributed by atoms with van der Waals surface area (Å²) in [5, 5.41) is 9.57. The summed E-state index contributed by atoms with van der Waals surface area (Å²) in [6.07, 6.45) is 0. The summed E-state index contributed by atoms with van der Waals surface area (Å²) in [4.78, 5) is 0. The molecule has 0 atom stereocenters. The lowest BCUT2D eigenvalue weighted by molar-refractivity contribution is -0.0388. The molecule has 0 amide bonds. The van der Waals surface area contributed by atoms with E-state index in [0.29, 0.717) is 6.61 Å². The fraction of sp³-hybridized carbons (Fsp3) is 0.455. The number of hydrogen-bond donors (Lipinski definition) is 1. The highest BCUT2D eigenvalue weighted by Gasteiger charge is 2.11. The number of rotatable bonds is 5. The van der Waals surface area contributed by atoms with Crippen molar-refractivity contribution in [1.29, 1.82) is 0 Å². The average molecular weight is 208 g/mol. The van der Waals surface area contributed by atoms with Gasteiger partial charge in [0.15, 0.2) is 0 Å². The van der Waals surface area contributed by atoms with Crippen molar-refractivity contribution in [3.63, 3.8) is 0 Å². The number of benzene rings is 1. The molecule has 15 heavy (non-hydrogen) atoms. The molecule has 3 nitrogen and oxygen atoms in total. The second kappa shape index (κ2) is 5.90. The maximum absolute atomic E-state index is 9.57. The van der Waals surface area contributed by atoms with Crippen LogP contribution in [0.5, 0.6) is 0 Å². The third-order valence-electron chi connectivity index (χ3n) is 2.21. The van der Waals surface area contributed by atoms with Crippen molar-refractivity contribution in [3.8, 4) is 0 Å². The van der Waals surface area contributed by atoms with E-state index in [-0.39, 0.29) is 6.79 Å². The normalized spacial score (nSPS) is 10.4. The first-order valence-corrected chi connectivity index (χ1v) is 4.99. The summed E-state index contributed by atoms with van der Waals surface area (Å²) >= 11 is 0. The highest BCUT2D eigenvalue weighted by atomic mass is 16.7. The molecule has 0 bridgehead atoms. The van der Waals surface area contributed by atoms with Crippen molar-refractivity contribution in [1.82, 2.24) is 0 Å². The monoisotopic (exact) mass is 208 g/mol. The van der Waals surface area contributed by atoms with Crippen LogP contribution in [0.1, 0.15) is 11.1 Å². The second-order valence-corrected chi connectivity index (χ2v) is 3.63. The Morgan fingerprint density at radius 3 is 2.73 bits per heavy atom. The predicted molar refractivity (Wildman–Crippen MR) is 61.3 cm³/mol. The Labute approximate surface area is 91.1 Å². The number of methoxy groups -OCH3 is 1. The predicted octanol–water partition coefficient (Wildman–Crippen LogP) is 0.936. The van der Waals surface area contributed by atoms with Crippen LogP contribution in [0, 0.1) is 6.92 Å². The summed E-state index contributed by atoms with van der Waals surface area (Å²) in [5.74, 6) is 0. The van der Waals surface area contributed by atoms with Crippen molar-refractivity contribution in [2.75, 3.05) is 13.9 Å². The van der Waals surface area contributed by atoms with E-state index in [2.05, 4.69) is 0 Å². The van der Waals surface area contributed by atoms with Gasteiger partial charge in [0.05, 0.1) is 6.61 Å². The van der Waals surface area contributed by atoms with Gasteiger partial charge in [0.2, 0.25) is 0 Å². The molecule has 82 valence electrons. The van der Waals surface area contributed by atoms with Crippen molar-refractivity contribution in [2.24, 2.45) is 0 Å². The van der Waals surface area contributed by atoms with E-state index in [1.165, 1.54) is 0 Å². The van der Waals surface area contributed by atoms with Gasteiger partial charge in [-0.05, 0) is 17.9 Å². The minimum Gasteiger partial charge on any atom is -0.446 e. The molecule has 1 rings (SSSR count). The minimum atomic E-state index is -0.466. The SMILES string of the molecule is COCOCc1cc(C)ccc1B(C)O. The minimum absolute atomic E-state index is 0.271. The molecule has 0 saturated heterocycles. The Morgan fingerprint density at radius 1 is 1.40 bits per heavy atom. The molecule has 0 spiro atoms. The zero-order valence-electron chi connectivity index (χ0n) is 9.49. The summed E-state index contributed by atoms with van der Waals surface area (Å²) in [6.45, 7) is 4.05. The molecule has 1 aromatic rings. The molecule has 0 aliphatic carbocycles. The van der Waals surface area contributed by atoms with E-state index >= 15 is 0 Å². The molecule has 1 N–H and O–H groups in total. The van der Waals surface area contributed by atoms with Crippen molar-refractivity contribution in [2.45, 2.75) is 20.4 Å². The lowest BCUT2D eigenvalue weighted by atomic mass is 9.62. The Bertz CT molecular complexity index is 313.